The first kappa shape index (κ1) is 18.2. The number of piperidine rings is 1. The van der Waals surface area contributed by atoms with Crippen LogP contribution < -0.4 is 5.32 Å². The lowest BCUT2D eigenvalue weighted by atomic mass is 9.96. The maximum absolute atomic E-state index is 12.4. The molecule has 8 nitrogen and oxygen atoms in total. The largest absolute Gasteiger partial charge is 0.477 e. The number of thiazole rings is 1. The van der Waals surface area contributed by atoms with Gasteiger partial charge in [0.2, 0.25) is 5.91 Å². The second-order valence-electron chi connectivity index (χ2n) is 6.04. The summed E-state index contributed by atoms with van der Waals surface area (Å²) in [7, 11) is 3.42. The maximum atomic E-state index is 12.4. The van der Waals surface area contributed by atoms with Gasteiger partial charge in [0.15, 0.2) is 0 Å². The minimum absolute atomic E-state index is 0.0359. The first-order valence-corrected chi connectivity index (χ1v) is 8.57. The molecule has 9 heteroatoms. The molecular weight excluding hydrogens is 332 g/mol. The number of aromatic carboxylic acids is 1. The van der Waals surface area contributed by atoms with E-state index in [4.69, 9.17) is 5.11 Å². The fourth-order valence-electron chi connectivity index (χ4n) is 2.60. The van der Waals surface area contributed by atoms with Gasteiger partial charge in [-0.25, -0.2) is 14.6 Å². The molecule has 2 rings (SSSR count). The van der Waals surface area contributed by atoms with Gasteiger partial charge in [-0.2, -0.15) is 0 Å². The number of nitrogens with one attached hydrogen (secondary N) is 1. The Morgan fingerprint density at radius 3 is 2.50 bits per heavy atom. The van der Waals surface area contributed by atoms with E-state index in [9.17, 15) is 14.4 Å². The van der Waals surface area contributed by atoms with Crippen LogP contribution in [0.5, 0.6) is 0 Å². The van der Waals surface area contributed by atoms with Crippen LogP contribution in [0.2, 0.25) is 0 Å². The Labute approximate surface area is 144 Å². The number of rotatable bonds is 4. The maximum Gasteiger partial charge on any atom is 0.347 e. The highest BCUT2D eigenvalue weighted by Crippen LogP contribution is 2.23. The first-order valence-electron chi connectivity index (χ1n) is 7.75. The molecule has 0 aromatic carbocycles. The van der Waals surface area contributed by atoms with Crippen LogP contribution in [0.3, 0.4) is 0 Å². The van der Waals surface area contributed by atoms with Crippen LogP contribution in [0.1, 0.15) is 40.5 Å². The molecule has 1 aromatic rings. The molecule has 24 heavy (non-hydrogen) atoms. The standard InChI is InChI=1S/C15H22N4O4S/c1-9(13-16-8-11(24-13)14(21)22)17-12(20)10-4-6-19(7-5-10)15(23)18(2)3/h8-10H,4-7H2,1-3H3,(H,17,20)(H,21,22). The molecule has 1 atom stereocenters. The summed E-state index contributed by atoms with van der Waals surface area (Å²) < 4.78 is 0. The quantitative estimate of drug-likeness (QED) is 0.851. The molecule has 0 radical (unpaired) electrons. The van der Waals surface area contributed by atoms with Crippen LogP contribution >= 0.6 is 11.3 Å². The molecule has 1 unspecified atom stereocenters. The Morgan fingerprint density at radius 1 is 1.38 bits per heavy atom. The third kappa shape index (κ3) is 4.22. The van der Waals surface area contributed by atoms with Crippen molar-refractivity contribution in [3.05, 3.63) is 16.1 Å². The Morgan fingerprint density at radius 2 is 2.00 bits per heavy atom. The van der Waals surface area contributed by atoms with Crippen molar-refractivity contribution >= 4 is 29.2 Å². The number of nitrogens with zero attached hydrogens (tertiary/aromatic N) is 3. The zero-order valence-corrected chi connectivity index (χ0v) is 14.8. The van der Waals surface area contributed by atoms with Gasteiger partial charge >= 0.3 is 12.0 Å². The molecular formula is C15H22N4O4S. The SMILES string of the molecule is CC(NC(=O)C1CCN(C(=O)N(C)C)CC1)c1ncc(C(=O)O)s1. The molecule has 0 bridgehead atoms. The van der Waals surface area contributed by atoms with Crippen LogP contribution in [0, 0.1) is 5.92 Å². The van der Waals surface area contributed by atoms with Crippen molar-refractivity contribution in [2.45, 2.75) is 25.8 Å². The summed E-state index contributed by atoms with van der Waals surface area (Å²) >= 11 is 1.06. The number of hydrogen-bond donors (Lipinski definition) is 2. The van der Waals surface area contributed by atoms with Crippen LogP contribution in [-0.4, -0.2) is 65.0 Å². The predicted octanol–water partition coefficient (Wildman–Crippen LogP) is 1.41. The van der Waals surface area contributed by atoms with E-state index >= 15 is 0 Å². The average Bonchev–Trinajstić information content (AvgIpc) is 3.04. The average molecular weight is 354 g/mol. The normalized spacial score (nSPS) is 16.5. The van der Waals surface area contributed by atoms with Gasteiger partial charge in [-0.15, -0.1) is 11.3 Å². The van der Waals surface area contributed by atoms with Crippen LogP contribution in [-0.2, 0) is 4.79 Å². The summed E-state index contributed by atoms with van der Waals surface area (Å²) in [6, 6.07) is -0.372. The predicted molar refractivity (Wildman–Crippen MR) is 89.0 cm³/mol. The number of likely N-dealkylation sites (tertiary alicyclic amines) is 1. The van der Waals surface area contributed by atoms with E-state index in [-0.39, 0.29) is 28.8 Å². The van der Waals surface area contributed by atoms with Gasteiger partial charge in [0.25, 0.3) is 0 Å². The topological polar surface area (TPSA) is 103 Å². The van der Waals surface area contributed by atoms with Gasteiger partial charge in [0, 0.05) is 33.1 Å². The van der Waals surface area contributed by atoms with Gasteiger partial charge in [-0.3, -0.25) is 4.79 Å². The van der Waals surface area contributed by atoms with Gasteiger partial charge in [0.05, 0.1) is 12.2 Å². The van der Waals surface area contributed by atoms with Gasteiger partial charge in [-0.05, 0) is 19.8 Å². The van der Waals surface area contributed by atoms with E-state index in [0.29, 0.717) is 30.9 Å². The highest BCUT2D eigenvalue weighted by atomic mass is 32.1. The van der Waals surface area contributed by atoms with Crippen molar-refractivity contribution in [2.75, 3.05) is 27.2 Å². The molecule has 2 heterocycles. The number of hydrogen-bond acceptors (Lipinski definition) is 5. The van der Waals surface area contributed by atoms with Gasteiger partial charge in [-0.1, -0.05) is 0 Å². The van der Waals surface area contributed by atoms with Crippen molar-refractivity contribution < 1.29 is 19.5 Å². The molecule has 1 aromatic heterocycles. The fourth-order valence-corrected chi connectivity index (χ4v) is 3.35. The minimum Gasteiger partial charge on any atom is -0.477 e. The van der Waals surface area contributed by atoms with Crippen molar-refractivity contribution in [1.82, 2.24) is 20.1 Å². The zero-order valence-electron chi connectivity index (χ0n) is 14.0. The van der Waals surface area contributed by atoms with Crippen molar-refractivity contribution in [3.8, 4) is 0 Å². The third-order valence-electron chi connectivity index (χ3n) is 3.98. The van der Waals surface area contributed by atoms with E-state index in [2.05, 4.69) is 10.3 Å². The van der Waals surface area contributed by atoms with Crippen molar-refractivity contribution in [2.24, 2.45) is 5.92 Å². The second-order valence-corrected chi connectivity index (χ2v) is 7.10. The molecule has 1 aliphatic rings. The molecule has 132 valence electrons. The lowest BCUT2D eigenvalue weighted by Gasteiger charge is -2.33. The molecule has 0 saturated carbocycles. The summed E-state index contributed by atoms with van der Waals surface area (Å²) in [6.07, 6.45) is 2.54. The number of amides is 3. The number of carbonyl (C=O) groups excluding carboxylic acids is 2. The monoisotopic (exact) mass is 354 g/mol. The van der Waals surface area contributed by atoms with E-state index in [1.165, 1.54) is 11.1 Å². The smallest absolute Gasteiger partial charge is 0.347 e. The minimum atomic E-state index is -1.02. The Kier molecular flexibility index (Phi) is 5.76. The number of carboxylic acids is 1. The van der Waals surface area contributed by atoms with Gasteiger partial charge < -0.3 is 20.2 Å². The Balaban J connectivity index is 1.86. The first-order chi connectivity index (χ1) is 11.3. The highest BCUT2D eigenvalue weighted by Gasteiger charge is 2.29. The van der Waals surface area contributed by atoms with Crippen molar-refractivity contribution in [1.29, 1.82) is 0 Å². The van der Waals surface area contributed by atoms with Gasteiger partial charge in [0.1, 0.15) is 9.88 Å². The molecule has 1 aliphatic heterocycles. The van der Waals surface area contributed by atoms with Crippen molar-refractivity contribution in [3.63, 3.8) is 0 Å². The fraction of sp³-hybridized carbons (Fsp3) is 0.600. The third-order valence-corrected chi connectivity index (χ3v) is 5.15. The van der Waals surface area contributed by atoms with Crippen LogP contribution in [0.15, 0.2) is 6.20 Å². The summed E-state index contributed by atoms with van der Waals surface area (Å²) in [5, 5.41) is 12.4. The molecule has 3 amide bonds. The summed E-state index contributed by atoms with van der Waals surface area (Å²) in [6.45, 7) is 2.90. The number of carbonyl (C=O) groups is 3. The van der Waals surface area contributed by atoms with E-state index < -0.39 is 5.97 Å². The second kappa shape index (κ2) is 7.61. The van der Waals surface area contributed by atoms with E-state index in [0.717, 1.165) is 11.3 Å². The lowest BCUT2D eigenvalue weighted by Crippen LogP contribution is -2.46. The Bertz CT molecular complexity index is 623. The Hall–Kier alpha value is -2.16. The van der Waals surface area contributed by atoms with Crippen LogP contribution in [0.25, 0.3) is 0 Å². The van der Waals surface area contributed by atoms with Crippen LogP contribution in [0.4, 0.5) is 4.79 Å². The molecule has 1 fully saturated rings. The highest BCUT2D eigenvalue weighted by molar-refractivity contribution is 7.13. The molecule has 0 aliphatic carbocycles. The molecule has 0 spiro atoms. The van der Waals surface area contributed by atoms with E-state index in [1.807, 2.05) is 0 Å². The number of aromatic nitrogens is 1. The number of urea groups is 1. The summed E-state index contributed by atoms with van der Waals surface area (Å²) in [5.74, 6) is -1.24. The number of carboxylic acid groups (broad SMARTS) is 1. The lowest BCUT2D eigenvalue weighted by molar-refractivity contribution is -0.126. The van der Waals surface area contributed by atoms with E-state index in [1.54, 1.807) is 25.9 Å². The molecule has 1 saturated heterocycles. The molecule has 2 N–H and O–H groups in total. The zero-order chi connectivity index (χ0) is 17.9. The summed E-state index contributed by atoms with van der Waals surface area (Å²) in [4.78, 5) is 42.6. The summed E-state index contributed by atoms with van der Waals surface area (Å²) in [5.41, 5.74) is 0.